The van der Waals surface area contributed by atoms with Gasteiger partial charge in [-0.3, -0.25) is 4.79 Å². The zero-order valence-electron chi connectivity index (χ0n) is 9.45. The molecule has 2 N–H and O–H groups in total. The van der Waals surface area contributed by atoms with E-state index in [-0.39, 0.29) is 17.9 Å². The highest BCUT2D eigenvalue weighted by molar-refractivity contribution is 5.93. The lowest BCUT2D eigenvalue weighted by atomic mass is 10.0. The van der Waals surface area contributed by atoms with Gasteiger partial charge < -0.3 is 10.4 Å². The summed E-state index contributed by atoms with van der Waals surface area (Å²) in [5.74, 6) is -0.845. The molecule has 92 valence electrons. The molecule has 1 aromatic heterocycles. The highest BCUT2D eigenvalue weighted by Gasteiger charge is 2.41. The Balaban J connectivity index is 1.87. The summed E-state index contributed by atoms with van der Waals surface area (Å²) in [5, 5.41) is 11.7. The van der Waals surface area contributed by atoms with Crippen molar-refractivity contribution in [2.75, 3.05) is 13.2 Å². The average molecular weight is 238 g/mol. The summed E-state index contributed by atoms with van der Waals surface area (Å²) < 4.78 is 12.6. The molecule has 17 heavy (non-hydrogen) atoms. The van der Waals surface area contributed by atoms with Crippen LogP contribution in [0.1, 0.15) is 29.6 Å². The van der Waals surface area contributed by atoms with E-state index >= 15 is 0 Å². The number of amides is 1. The number of nitrogens with zero attached hydrogens (tertiary/aromatic N) is 1. The van der Waals surface area contributed by atoms with Gasteiger partial charge in [0.25, 0.3) is 5.91 Å². The van der Waals surface area contributed by atoms with Crippen molar-refractivity contribution in [3.63, 3.8) is 0 Å². The maximum absolute atomic E-state index is 12.6. The quantitative estimate of drug-likeness (QED) is 0.755. The fourth-order valence-electron chi connectivity index (χ4n) is 1.81. The number of carbonyl (C=O) groups excluding carboxylic acids is 1. The molecule has 0 bridgehead atoms. The van der Waals surface area contributed by atoms with E-state index in [1.165, 1.54) is 12.3 Å². The Morgan fingerprint density at radius 2 is 2.29 bits per heavy atom. The summed E-state index contributed by atoms with van der Waals surface area (Å²) >= 11 is 0. The van der Waals surface area contributed by atoms with Crippen LogP contribution in [0.4, 0.5) is 4.39 Å². The predicted molar refractivity (Wildman–Crippen MR) is 59.9 cm³/mol. The Labute approximate surface area is 98.9 Å². The first-order valence-corrected chi connectivity index (χ1v) is 5.66. The molecular formula is C12H15FN2O2. The minimum atomic E-state index is -0.597. The van der Waals surface area contributed by atoms with E-state index in [1.807, 2.05) is 0 Å². The lowest BCUT2D eigenvalue weighted by molar-refractivity contribution is 0.0940. The fourth-order valence-corrected chi connectivity index (χ4v) is 1.81. The number of aliphatic hydroxyl groups is 1. The zero-order chi connectivity index (χ0) is 12.3. The third-order valence-corrected chi connectivity index (χ3v) is 3.21. The molecule has 1 aromatic rings. The van der Waals surface area contributed by atoms with Crippen molar-refractivity contribution in [2.24, 2.45) is 5.41 Å². The van der Waals surface area contributed by atoms with Crippen molar-refractivity contribution < 1.29 is 14.3 Å². The van der Waals surface area contributed by atoms with Crippen LogP contribution in [0.15, 0.2) is 18.3 Å². The number of hydrogen-bond donors (Lipinski definition) is 2. The second kappa shape index (κ2) is 4.79. The Bertz CT molecular complexity index is 401. The van der Waals surface area contributed by atoms with Crippen LogP contribution in [-0.2, 0) is 0 Å². The van der Waals surface area contributed by atoms with Gasteiger partial charge in [-0.2, -0.15) is 4.39 Å². The molecule has 1 heterocycles. The van der Waals surface area contributed by atoms with Gasteiger partial charge in [-0.15, -0.1) is 0 Å². The van der Waals surface area contributed by atoms with Crippen LogP contribution in [0, 0.1) is 11.4 Å². The highest BCUT2D eigenvalue weighted by Crippen LogP contribution is 2.47. The zero-order valence-corrected chi connectivity index (χ0v) is 9.45. The number of carbonyl (C=O) groups is 1. The Hall–Kier alpha value is -1.49. The third-order valence-electron chi connectivity index (χ3n) is 3.21. The number of pyridine rings is 1. The van der Waals surface area contributed by atoms with E-state index in [1.54, 1.807) is 0 Å². The normalized spacial score (nSPS) is 16.6. The van der Waals surface area contributed by atoms with Crippen molar-refractivity contribution in [1.82, 2.24) is 10.3 Å². The van der Waals surface area contributed by atoms with E-state index in [2.05, 4.69) is 10.3 Å². The first-order chi connectivity index (χ1) is 8.15. The molecule has 0 saturated heterocycles. The summed E-state index contributed by atoms with van der Waals surface area (Å²) in [5.41, 5.74) is 0.434. The van der Waals surface area contributed by atoms with E-state index in [4.69, 9.17) is 5.11 Å². The molecule has 1 fully saturated rings. The van der Waals surface area contributed by atoms with Crippen LogP contribution in [0.2, 0.25) is 0 Å². The monoisotopic (exact) mass is 238 g/mol. The number of halogens is 1. The van der Waals surface area contributed by atoms with Crippen molar-refractivity contribution in [3.05, 3.63) is 29.8 Å². The summed E-state index contributed by atoms with van der Waals surface area (Å²) in [7, 11) is 0. The molecule has 0 aliphatic heterocycles. The first-order valence-electron chi connectivity index (χ1n) is 5.66. The number of nitrogens with one attached hydrogen (secondary N) is 1. The predicted octanol–water partition coefficient (Wildman–Crippen LogP) is 1.11. The molecule has 0 radical (unpaired) electrons. The molecule has 4 nitrogen and oxygen atoms in total. The van der Waals surface area contributed by atoms with Gasteiger partial charge in [-0.1, -0.05) is 0 Å². The Morgan fingerprint density at radius 1 is 1.53 bits per heavy atom. The molecule has 1 amide bonds. The van der Waals surface area contributed by atoms with E-state index in [9.17, 15) is 9.18 Å². The first kappa shape index (κ1) is 12.0. The number of hydrogen-bond acceptors (Lipinski definition) is 3. The van der Waals surface area contributed by atoms with Crippen LogP contribution in [0.5, 0.6) is 0 Å². The molecule has 1 saturated carbocycles. The summed E-state index contributed by atoms with van der Waals surface area (Å²) in [6.45, 7) is 0.706. The maximum Gasteiger partial charge on any atom is 0.252 e. The second-order valence-electron chi connectivity index (χ2n) is 4.53. The summed E-state index contributed by atoms with van der Waals surface area (Å²) in [6.07, 6.45) is 4.01. The van der Waals surface area contributed by atoms with Crippen LogP contribution in [0.3, 0.4) is 0 Å². The van der Waals surface area contributed by atoms with Crippen molar-refractivity contribution in [1.29, 1.82) is 0 Å². The molecule has 0 spiro atoms. The minimum Gasteiger partial charge on any atom is -0.396 e. The molecule has 1 aliphatic rings. The van der Waals surface area contributed by atoms with Crippen LogP contribution >= 0.6 is 0 Å². The Kier molecular flexibility index (Phi) is 3.38. The number of rotatable bonds is 5. The molecule has 0 unspecified atom stereocenters. The Morgan fingerprint density at radius 3 is 2.82 bits per heavy atom. The lowest BCUT2D eigenvalue weighted by Crippen LogP contribution is -2.30. The fraction of sp³-hybridized carbons (Fsp3) is 0.500. The van der Waals surface area contributed by atoms with Crippen molar-refractivity contribution in [2.45, 2.75) is 19.3 Å². The van der Waals surface area contributed by atoms with Crippen LogP contribution < -0.4 is 5.32 Å². The smallest absolute Gasteiger partial charge is 0.252 e. The molecule has 1 aliphatic carbocycles. The van der Waals surface area contributed by atoms with Gasteiger partial charge in [0.15, 0.2) is 0 Å². The lowest BCUT2D eigenvalue weighted by Gasteiger charge is -2.14. The van der Waals surface area contributed by atoms with Crippen molar-refractivity contribution >= 4 is 5.91 Å². The molecular weight excluding hydrogens is 223 g/mol. The highest BCUT2D eigenvalue weighted by atomic mass is 19.1. The van der Waals surface area contributed by atoms with Crippen molar-refractivity contribution in [3.8, 4) is 0 Å². The van der Waals surface area contributed by atoms with E-state index < -0.39 is 5.95 Å². The SMILES string of the molecule is O=C(NCC1(CCO)CC1)c1ccc(F)nc1. The van der Waals surface area contributed by atoms with Gasteiger partial charge in [-0.05, 0) is 36.8 Å². The van der Waals surface area contributed by atoms with E-state index in [0.29, 0.717) is 12.1 Å². The largest absolute Gasteiger partial charge is 0.396 e. The summed E-state index contributed by atoms with van der Waals surface area (Å²) in [6, 6.07) is 2.57. The number of aliphatic hydroxyl groups excluding tert-OH is 1. The second-order valence-corrected chi connectivity index (χ2v) is 4.53. The third kappa shape index (κ3) is 3.00. The van der Waals surface area contributed by atoms with Gasteiger partial charge in [0.1, 0.15) is 0 Å². The van der Waals surface area contributed by atoms with Crippen LogP contribution in [0.25, 0.3) is 0 Å². The molecule has 0 atom stereocenters. The van der Waals surface area contributed by atoms with Gasteiger partial charge >= 0.3 is 0 Å². The topological polar surface area (TPSA) is 62.2 Å². The van der Waals surface area contributed by atoms with Gasteiger partial charge in [-0.25, -0.2) is 4.98 Å². The molecule has 0 aromatic carbocycles. The summed E-state index contributed by atoms with van der Waals surface area (Å²) in [4.78, 5) is 15.1. The van der Waals surface area contributed by atoms with E-state index in [0.717, 1.165) is 25.3 Å². The molecule has 5 heteroatoms. The number of aromatic nitrogens is 1. The maximum atomic E-state index is 12.6. The van der Waals surface area contributed by atoms with Crippen LogP contribution in [-0.4, -0.2) is 29.1 Å². The van der Waals surface area contributed by atoms with Gasteiger partial charge in [0.2, 0.25) is 5.95 Å². The van der Waals surface area contributed by atoms with Gasteiger partial charge in [0.05, 0.1) is 5.56 Å². The standard InChI is InChI=1S/C12H15FN2O2/c13-10-2-1-9(7-14-10)11(17)15-8-12(3-4-12)5-6-16/h1-2,7,16H,3-6,8H2,(H,15,17). The van der Waals surface area contributed by atoms with Gasteiger partial charge in [0, 0.05) is 19.3 Å². The minimum absolute atomic E-state index is 0.0812. The molecule has 2 rings (SSSR count). The average Bonchev–Trinajstić information content (AvgIpc) is 3.08.